The number of aliphatic carboxylic acids is 1. The summed E-state index contributed by atoms with van der Waals surface area (Å²) in [6.45, 7) is 1.94. The van der Waals surface area contributed by atoms with Crippen LogP contribution in [0.3, 0.4) is 0 Å². The molecule has 1 unspecified atom stereocenters. The maximum Gasteiger partial charge on any atom is 0.305 e. The molecule has 3 rings (SSSR count). The Kier molecular flexibility index (Phi) is 8.88. The number of nitrogens with zero attached hydrogens (tertiary/aromatic N) is 2. The van der Waals surface area contributed by atoms with Crippen LogP contribution >= 0.6 is 23.4 Å². The Morgan fingerprint density at radius 2 is 2.03 bits per heavy atom. The lowest BCUT2D eigenvalue weighted by Crippen LogP contribution is -2.26. The smallest absolute Gasteiger partial charge is 0.305 e. The molecule has 2 aromatic carbocycles. The van der Waals surface area contributed by atoms with Crippen molar-refractivity contribution in [1.82, 2.24) is 5.32 Å². The zero-order valence-corrected chi connectivity index (χ0v) is 19.6. The predicted octanol–water partition coefficient (Wildman–Crippen LogP) is 3.15. The van der Waals surface area contributed by atoms with Crippen molar-refractivity contribution in [3.05, 3.63) is 53.1 Å². The number of rotatable bonds is 10. The molecule has 1 atom stereocenters. The molecule has 10 nitrogen and oxygen atoms in total. The van der Waals surface area contributed by atoms with Crippen molar-refractivity contribution in [1.29, 1.82) is 0 Å². The van der Waals surface area contributed by atoms with Crippen LogP contribution in [0.15, 0.2) is 52.7 Å². The quantitative estimate of drug-likeness (QED) is 0.333. The SMILES string of the molecule is CCOc1cc(C=NN=C2NC(=O)C(CC(=O)O)S2)ccc1OCC(=O)Nc1ccccc1Cl. The fourth-order valence-corrected chi connectivity index (χ4v) is 3.88. The number of hydrogen-bond acceptors (Lipinski definition) is 8. The summed E-state index contributed by atoms with van der Waals surface area (Å²) in [7, 11) is 0. The van der Waals surface area contributed by atoms with E-state index in [1.165, 1.54) is 6.21 Å². The van der Waals surface area contributed by atoms with Gasteiger partial charge in [0.2, 0.25) is 5.91 Å². The molecule has 0 spiro atoms. The first-order valence-electron chi connectivity index (χ1n) is 10.1. The minimum absolute atomic E-state index is 0.224. The highest BCUT2D eigenvalue weighted by molar-refractivity contribution is 8.15. The van der Waals surface area contributed by atoms with Crippen LogP contribution in [0.1, 0.15) is 18.9 Å². The maximum atomic E-state index is 12.2. The number of nitrogens with one attached hydrogen (secondary N) is 2. The lowest BCUT2D eigenvalue weighted by atomic mass is 10.2. The zero-order chi connectivity index (χ0) is 24.5. The number of halogens is 1. The van der Waals surface area contributed by atoms with Gasteiger partial charge in [-0.3, -0.25) is 14.4 Å². The summed E-state index contributed by atoms with van der Waals surface area (Å²) in [5.74, 6) is -1.08. The molecule has 0 aromatic heterocycles. The van der Waals surface area contributed by atoms with E-state index in [2.05, 4.69) is 20.8 Å². The standard InChI is InChI=1S/C22H21ClN4O6S/c1-2-32-17-9-13(11-24-27-22-26-21(31)18(34-22)10-20(29)30)7-8-16(17)33-12-19(28)25-15-6-4-3-5-14(15)23/h3-9,11,18H,2,10,12H2,1H3,(H,25,28)(H,29,30)(H,26,27,31). The highest BCUT2D eigenvalue weighted by Gasteiger charge is 2.32. The summed E-state index contributed by atoms with van der Waals surface area (Å²) in [6.07, 6.45) is 1.15. The van der Waals surface area contributed by atoms with Crippen LogP contribution in [0.2, 0.25) is 5.02 Å². The highest BCUT2D eigenvalue weighted by Crippen LogP contribution is 2.28. The topological polar surface area (TPSA) is 139 Å². The molecule has 0 radical (unpaired) electrons. The van der Waals surface area contributed by atoms with Crippen LogP contribution in [0.4, 0.5) is 5.69 Å². The molecule has 1 aliphatic rings. The number of amides is 2. The van der Waals surface area contributed by atoms with Crippen molar-refractivity contribution < 1.29 is 29.0 Å². The van der Waals surface area contributed by atoms with E-state index < -0.39 is 17.1 Å². The predicted molar refractivity (Wildman–Crippen MR) is 130 cm³/mol. The molecule has 1 fully saturated rings. The number of carboxylic acid groups (broad SMARTS) is 1. The third kappa shape index (κ3) is 7.22. The Bertz CT molecular complexity index is 1140. The summed E-state index contributed by atoms with van der Waals surface area (Å²) in [6, 6.07) is 11.9. The van der Waals surface area contributed by atoms with Crippen molar-refractivity contribution in [2.75, 3.05) is 18.5 Å². The number of para-hydroxylation sites is 1. The Balaban J connectivity index is 1.61. The molecule has 1 saturated heterocycles. The second-order valence-corrected chi connectivity index (χ2v) is 8.40. The average molecular weight is 505 g/mol. The molecule has 2 aromatic rings. The Morgan fingerprint density at radius 1 is 1.24 bits per heavy atom. The fraction of sp³-hybridized carbons (Fsp3) is 0.227. The first-order valence-corrected chi connectivity index (χ1v) is 11.4. The van der Waals surface area contributed by atoms with Crippen LogP contribution in [0, 0.1) is 0 Å². The second kappa shape index (κ2) is 12.1. The number of carbonyl (C=O) groups is 3. The summed E-state index contributed by atoms with van der Waals surface area (Å²) in [5, 5.41) is 21.8. The minimum Gasteiger partial charge on any atom is -0.490 e. The van der Waals surface area contributed by atoms with Crippen LogP contribution < -0.4 is 20.1 Å². The van der Waals surface area contributed by atoms with Crippen LogP contribution in [0.25, 0.3) is 0 Å². The van der Waals surface area contributed by atoms with E-state index in [1.54, 1.807) is 42.5 Å². The van der Waals surface area contributed by atoms with E-state index in [-0.39, 0.29) is 24.1 Å². The van der Waals surface area contributed by atoms with Gasteiger partial charge in [-0.05, 0) is 42.8 Å². The zero-order valence-electron chi connectivity index (χ0n) is 18.0. The maximum absolute atomic E-state index is 12.2. The first kappa shape index (κ1) is 25.1. The van der Waals surface area contributed by atoms with Gasteiger partial charge in [0.1, 0.15) is 5.25 Å². The molecular formula is C22H21ClN4O6S. The molecule has 34 heavy (non-hydrogen) atoms. The van der Waals surface area contributed by atoms with Crippen molar-refractivity contribution in [3.63, 3.8) is 0 Å². The number of carboxylic acids is 1. The summed E-state index contributed by atoms with van der Waals surface area (Å²) in [5.41, 5.74) is 1.12. The van der Waals surface area contributed by atoms with Gasteiger partial charge in [-0.15, -0.1) is 5.10 Å². The normalized spacial score (nSPS) is 16.5. The van der Waals surface area contributed by atoms with Gasteiger partial charge >= 0.3 is 5.97 Å². The number of anilines is 1. The van der Waals surface area contributed by atoms with Gasteiger partial charge < -0.3 is 25.2 Å². The molecule has 2 amide bonds. The van der Waals surface area contributed by atoms with Crippen LogP contribution in [0.5, 0.6) is 11.5 Å². The molecule has 1 heterocycles. The van der Waals surface area contributed by atoms with Gasteiger partial charge in [-0.1, -0.05) is 35.5 Å². The van der Waals surface area contributed by atoms with Gasteiger partial charge in [0.15, 0.2) is 23.3 Å². The average Bonchev–Trinajstić information content (AvgIpc) is 3.13. The number of thioether (sulfide) groups is 1. The summed E-state index contributed by atoms with van der Waals surface area (Å²) in [4.78, 5) is 34.7. The number of ether oxygens (including phenoxy) is 2. The second-order valence-electron chi connectivity index (χ2n) is 6.80. The first-order chi connectivity index (χ1) is 16.4. The number of carbonyl (C=O) groups excluding carboxylic acids is 2. The van der Waals surface area contributed by atoms with Crippen molar-refractivity contribution in [2.45, 2.75) is 18.6 Å². The molecule has 1 aliphatic heterocycles. The largest absolute Gasteiger partial charge is 0.490 e. The van der Waals surface area contributed by atoms with Gasteiger partial charge in [0.25, 0.3) is 5.91 Å². The number of hydrogen-bond donors (Lipinski definition) is 3. The minimum atomic E-state index is -1.07. The van der Waals surface area contributed by atoms with Crippen molar-refractivity contribution in [2.24, 2.45) is 10.2 Å². The monoisotopic (exact) mass is 504 g/mol. The Labute approximate surface area is 204 Å². The summed E-state index contributed by atoms with van der Waals surface area (Å²) < 4.78 is 11.2. The highest BCUT2D eigenvalue weighted by atomic mass is 35.5. The van der Waals surface area contributed by atoms with Gasteiger partial charge in [0, 0.05) is 0 Å². The van der Waals surface area contributed by atoms with E-state index in [1.807, 2.05) is 6.92 Å². The Hall–Kier alpha value is -3.57. The number of benzene rings is 2. The van der Waals surface area contributed by atoms with E-state index in [0.717, 1.165) is 11.8 Å². The third-order valence-electron chi connectivity index (χ3n) is 4.27. The molecule has 0 bridgehead atoms. The lowest BCUT2D eigenvalue weighted by molar-refractivity contribution is -0.138. The van der Waals surface area contributed by atoms with Gasteiger partial charge in [0.05, 0.1) is 30.0 Å². The fourth-order valence-electron chi connectivity index (χ4n) is 2.78. The molecule has 178 valence electrons. The molecule has 3 N–H and O–H groups in total. The van der Waals surface area contributed by atoms with Crippen molar-refractivity contribution in [3.8, 4) is 11.5 Å². The Morgan fingerprint density at radius 3 is 2.76 bits per heavy atom. The molecule has 12 heteroatoms. The van der Waals surface area contributed by atoms with E-state index in [0.29, 0.717) is 34.4 Å². The van der Waals surface area contributed by atoms with Gasteiger partial charge in [-0.25, -0.2) is 0 Å². The van der Waals surface area contributed by atoms with Crippen LogP contribution in [-0.4, -0.2) is 52.7 Å². The number of amidine groups is 1. The van der Waals surface area contributed by atoms with E-state index in [4.69, 9.17) is 26.2 Å². The van der Waals surface area contributed by atoms with Crippen LogP contribution in [-0.2, 0) is 14.4 Å². The summed E-state index contributed by atoms with van der Waals surface area (Å²) >= 11 is 7.05. The lowest BCUT2D eigenvalue weighted by Gasteiger charge is -2.13. The molecule has 0 saturated carbocycles. The molecule has 0 aliphatic carbocycles. The van der Waals surface area contributed by atoms with Gasteiger partial charge in [-0.2, -0.15) is 5.10 Å². The van der Waals surface area contributed by atoms with Crippen molar-refractivity contribution >= 4 is 58.2 Å². The van der Waals surface area contributed by atoms with E-state index >= 15 is 0 Å². The van der Waals surface area contributed by atoms with E-state index in [9.17, 15) is 14.4 Å². The third-order valence-corrected chi connectivity index (χ3v) is 5.67. The molecular weight excluding hydrogens is 484 g/mol.